The highest BCUT2D eigenvalue weighted by atomic mass is 16.2. The molecule has 1 aliphatic heterocycles. The van der Waals surface area contributed by atoms with E-state index < -0.39 is 0 Å². The second kappa shape index (κ2) is 7.13. The third-order valence-corrected chi connectivity index (χ3v) is 4.65. The van der Waals surface area contributed by atoms with Gasteiger partial charge in [0.1, 0.15) is 0 Å². The Morgan fingerprint density at radius 2 is 1.96 bits per heavy atom. The molecule has 1 aromatic rings. The number of amides is 2. The molecule has 0 bridgehead atoms. The first-order chi connectivity index (χ1) is 11.1. The van der Waals surface area contributed by atoms with Gasteiger partial charge in [0.25, 0.3) is 5.91 Å². The lowest BCUT2D eigenvalue weighted by atomic mass is 10.1. The summed E-state index contributed by atoms with van der Waals surface area (Å²) in [6.07, 6.45) is 4.70. The third kappa shape index (κ3) is 4.10. The van der Waals surface area contributed by atoms with Gasteiger partial charge in [-0.2, -0.15) is 0 Å². The van der Waals surface area contributed by atoms with Crippen LogP contribution in [0.5, 0.6) is 0 Å². The molecule has 1 saturated carbocycles. The molecule has 2 N–H and O–H groups in total. The number of nitrogens with one attached hydrogen (secondary N) is 2. The smallest absolute Gasteiger partial charge is 0.254 e. The number of anilines is 1. The molecule has 3 rings (SSSR count). The molecule has 1 saturated heterocycles. The standard InChI is InChI=1S/C18H25N3O2/c1-13-15(18(23)21-9-2-3-10-21)5-4-6-16(13)20-17(22)12-19-11-14-7-8-14/h4-6,14,19H,2-3,7-12H2,1H3,(H,20,22). The van der Waals surface area contributed by atoms with Gasteiger partial charge in [-0.25, -0.2) is 0 Å². The number of carbonyl (C=O) groups is 2. The second-order valence-electron chi connectivity index (χ2n) is 6.60. The van der Waals surface area contributed by atoms with E-state index in [9.17, 15) is 9.59 Å². The molecule has 0 unspecified atom stereocenters. The molecule has 2 aliphatic rings. The molecule has 0 atom stereocenters. The normalized spacial score (nSPS) is 17.3. The van der Waals surface area contributed by atoms with Crippen LogP contribution < -0.4 is 10.6 Å². The average Bonchev–Trinajstić information content (AvgIpc) is 3.19. The van der Waals surface area contributed by atoms with Crippen molar-refractivity contribution >= 4 is 17.5 Å². The molecular weight excluding hydrogens is 290 g/mol. The first kappa shape index (κ1) is 16.0. The SMILES string of the molecule is Cc1c(NC(=O)CNCC2CC2)cccc1C(=O)N1CCCC1. The van der Waals surface area contributed by atoms with Crippen molar-refractivity contribution in [2.45, 2.75) is 32.6 Å². The molecule has 5 nitrogen and oxygen atoms in total. The maximum absolute atomic E-state index is 12.6. The van der Waals surface area contributed by atoms with E-state index >= 15 is 0 Å². The first-order valence-corrected chi connectivity index (χ1v) is 8.54. The van der Waals surface area contributed by atoms with Crippen molar-refractivity contribution in [2.75, 3.05) is 31.5 Å². The van der Waals surface area contributed by atoms with Crippen LogP contribution in [0.4, 0.5) is 5.69 Å². The van der Waals surface area contributed by atoms with Gasteiger partial charge in [0, 0.05) is 24.3 Å². The predicted octanol–water partition coefficient (Wildman–Crippen LogP) is 2.17. The van der Waals surface area contributed by atoms with E-state index in [4.69, 9.17) is 0 Å². The Morgan fingerprint density at radius 1 is 1.22 bits per heavy atom. The van der Waals surface area contributed by atoms with Gasteiger partial charge in [-0.1, -0.05) is 6.07 Å². The van der Waals surface area contributed by atoms with Crippen LogP contribution in [0.25, 0.3) is 0 Å². The van der Waals surface area contributed by atoms with E-state index in [1.165, 1.54) is 12.8 Å². The van der Waals surface area contributed by atoms with Crippen molar-refractivity contribution in [1.29, 1.82) is 0 Å². The number of carbonyl (C=O) groups excluding carboxylic acids is 2. The zero-order chi connectivity index (χ0) is 16.2. The minimum atomic E-state index is -0.0560. The Hall–Kier alpha value is -1.88. The van der Waals surface area contributed by atoms with Crippen molar-refractivity contribution in [3.8, 4) is 0 Å². The predicted molar refractivity (Wildman–Crippen MR) is 90.5 cm³/mol. The van der Waals surface area contributed by atoms with E-state index in [1.807, 2.05) is 30.0 Å². The van der Waals surface area contributed by atoms with Gasteiger partial charge in [0.05, 0.1) is 6.54 Å². The summed E-state index contributed by atoms with van der Waals surface area (Å²) in [7, 11) is 0. The van der Waals surface area contributed by atoms with Crippen LogP contribution >= 0.6 is 0 Å². The fourth-order valence-electron chi connectivity index (χ4n) is 3.00. The van der Waals surface area contributed by atoms with E-state index in [1.54, 1.807) is 0 Å². The Labute approximate surface area is 137 Å². The number of nitrogens with zero attached hydrogens (tertiary/aromatic N) is 1. The third-order valence-electron chi connectivity index (χ3n) is 4.65. The maximum Gasteiger partial charge on any atom is 0.254 e. The molecule has 0 spiro atoms. The minimum absolute atomic E-state index is 0.0560. The highest BCUT2D eigenvalue weighted by Crippen LogP contribution is 2.27. The number of likely N-dealkylation sites (tertiary alicyclic amines) is 1. The molecule has 2 amide bonds. The van der Waals surface area contributed by atoms with E-state index in [2.05, 4.69) is 10.6 Å². The molecule has 0 radical (unpaired) electrons. The Bertz CT molecular complexity index is 590. The summed E-state index contributed by atoms with van der Waals surface area (Å²) < 4.78 is 0. The summed E-state index contributed by atoms with van der Waals surface area (Å²) in [5.74, 6) is 0.772. The second-order valence-corrected chi connectivity index (χ2v) is 6.60. The van der Waals surface area contributed by atoms with Gasteiger partial charge in [-0.15, -0.1) is 0 Å². The van der Waals surface area contributed by atoms with Gasteiger partial charge in [0.2, 0.25) is 5.91 Å². The fourth-order valence-corrected chi connectivity index (χ4v) is 3.00. The molecule has 1 aromatic carbocycles. The van der Waals surface area contributed by atoms with Crippen LogP contribution in [0, 0.1) is 12.8 Å². The number of hydrogen-bond acceptors (Lipinski definition) is 3. The lowest BCUT2D eigenvalue weighted by Crippen LogP contribution is -2.30. The number of hydrogen-bond donors (Lipinski definition) is 2. The van der Waals surface area contributed by atoms with Gasteiger partial charge in [-0.3, -0.25) is 9.59 Å². The van der Waals surface area contributed by atoms with Gasteiger partial charge in [-0.05, 0) is 62.8 Å². The fraction of sp³-hybridized carbons (Fsp3) is 0.556. The number of benzene rings is 1. The lowest BCUT2D eigenvalue weighted by molar-refractivity contribution is -0.115. The highest BCUT2D eigenvalue weighted by molar-refractivity contribution is 5.99. The highest BCUT2D eigenvalue weighted by Gasteiger charge is 2.22. The summed E-state index contributed by atoms with van der Waals surface area (Å²) in [6.45, 7) is 4.80. The Kier molecular flexibility index (Phi) is 4.96. The van der Waals surface area contributed by atoms with Crippen molar-refractivity contribution in [2.24, 2.45) is 5.92 Å². The van der Waals surface area contributed by atoms with Crippen LogP contribution in [-0.4, -0.2) is 42.9 Å². The van der Waals surface area contributed by atoms with Crippen LogP contribution in [0.15, 0.2) is 18.2 Å². The topological polar surface area (TPSA) is 61.4 Å². The van der Waals surface area contributed by atoms with Crippen LogP contribution in [0.2, 0.25) is 0 Å². The van der Waals surface area contributed by atoms with Crippen molar-refractivity contribution in [3.63, 3.8) is 0 Å². The summed E-state index contributed by atoms with van der Waals surface area (Å²) in [5, 5.41) is 6.10. The number of rotatable bonds is 6. The maximum atomic E-state index is 12.6. The molecule has 1 heterocycles. The average molecular weight is 315 g/mol. The van der Waals surface area contributed by atoms with Crippen LogP contribution in [-0.2, 0) is 4.79 Å². The van der Waals surface area contributed by atoms with Gasteiger partial charge >= 0.3 is 0 Å². The molecule has 2 fully saturated rings. The molecule has 5 heteroatoms. The van der Waals surface area contributed by atoms with E-state index in [0.29, 0.717) is 12.1 Å². The van der Waals surface area contributed by atoms with Crippen molar-refractivity contribution in [3.05, 3.63) is 29.3 Å². The summed E-state index contributed by atoms with van der Waals surface area (Å²) >= 11 is 0. The minimum Gasteiger partial charge on any atom is -0.339 e. The Morgan fingerprint density at radius 3 is 2.65 bits per heavy atom. The summed E-state index contributed by atoms with van der Waals surface area (Å²) in [6, 6.07) is 5.54. The van der Waals surface area contributed by atoms with E-state index in [-0.39, 0.29) is 11.8 Å². The largest absolute Gasteiger partial charge is 0.339 e. The monoisotopic (exact) mass is 315 g/mol. The quantitative estimate of drug-likeness (QED) is 0.846. The van der Waals surface area contributed by atoms with Gasteiger partial charge in [0.15, 0.2) is 0 Å². The van der Waals surface area contributed by atoms with Crippen molar-refractivity contribution < 1.29 is 9.59 Å². The lowest BCUT2D eigenvalue weighted by Gasteiger charge is -2.18. The molecule has 124 valence electrons. The summed E-state index contributed by atoms with van der Waals surface area (Å²) in [4.78, 5) is 26.5. The van der Waals surface area contributed by atoms with Gasteiger partial charge < -0.3 is 15.5 Å². The molecule has 23 heavy (non-hydrogen) atoms. The summed E-state index contributed by atoms with van der Waals surface area (Å²) in [5.41, 5.74) is 2.27. The zero-order valence-corrected chi connectivity index (χ0v) is 13.7. The van der Waals surface area contributed by atoms with Crippen LogP contribution in [0.1, 0.15) is 41.6 Å². The van der Waals surface area contributed by atoms with Crippen molar-refractivity contribution in [1.82, 2.24) is 10.2 Å². The zero-order valence-electron chi connectivity index (χ0n) is 13.7. The molecular formula is C18H25N3O2. The first-order valence-electron chi connectivity index (χ1n) is 8.54. The molecule has 0 aromatic heterocycles. The molecule has 1 aliphatic carbocycles. The Balaban J connectivity index is 1.61. The van der Waals surface area contributed by atoms with E-state index in [0.717, 1.165) is 49.6 Å². The van der Waals surface area contributed by atoms with Crippen LogP contribution in [0.3, 0.4) is 0 Å².